The third-order valence-electron chi connectivity index (χ3n) is 5.17. The van der Waals surface area contributed by atoms with Crippen LogP contribution in [0.5, 0.6) is 5.88 Å². The van der Waals surface area contributed by atoms with Gasteiger partial charge in [0.25, 0.3) is 0 Å². The number of carbonyl (C=O) groups excluding carboxylic acids is 1. The first kappa shape index (κ1) is 23.9. The zero-order valence-electron chi connectivity index (χ0n) is 18.8. The van der Waals surface area contributed by atoms with E-state index in [1.54, 1.807) is 45.4 Å². The summed E-state index contributed by atoms with van der Waals surface area (Å²) in [5.74, 6) is 0.985. The summed E-state index contributed by atoms with van der Waals surface area (Å²) < 4.78 is 32.2. The molecule has 1 atom stereocenters. The predicted octanol–water partition coefficient (Wildman–Crippen LogP) is 1.32. The van der Waals surface area contributed by atoms with E-state index in [4.69, 9.17) is 4.74 Å². The third-order valence-corrected chi connectivity index (χ3v) is 6.85. The van der Waals surface area contributed by atoms with Crippen molar-refractivity contribution < 1.29 is 17.9 Å². The van der Waals surface area contributed by atoms with E-state index >= 15 is 0 Å². The van der Waals surface area contributed by atoms with Gasteiger partial charge in [-0.1, -0.05) is 0 Å². The van der Waals surface area contributed by atoms with Crippen LogP contribution in [0.1, 0.15) is 20.8 Å². The molecule has 174 valence electrons. The molecule has 1 amide bonds. The van der Waals surface area contributed by atoms with E-state index in [-0.39, 0.29) is 22.9 Å². The summed E-state index contributed by atoms with van der Waals surface area (Å²) in [6.07, 6.45) is 1.67. The first-order valence-electron chi connectivity index (χ1n) is 10.5. The monoisotopic (exact) mass is 462 g/mol. The highest BCUT2D eigenvalue weighted by Gasteiger charge is 2.27. The van der Waals surface area contributed by atoms with E-state index in [1.807, 2.05) is 6.92 Å². The second-order valence-corrected chi connectivity index (χ2v) is 9.60. The van der Waals surface area contributed by atoms with Crippen molar-refractivity contribution in [1.29, 1.82) is 0 Å². The quantitative estimate of drug-likeness (QED) is 0.603. The molecule has 1 aliphatic rings. The number of piperazine rings is 1. The molecular weight excluding hydrogens is 432 g/mol. The van der Waals surface area contributed by atoms with Gasteiger partial charge < -0.3 is 15.0 Å². The Kier molecular flexibility index (Phi) is 7.64. The van der Waals surface area contributed by atoms with Crippen molar-refractivity contribution in [3.63, 3.8) is 0 Å². The van der Waals surface area contributed by atoms with E-state index in [0.29, 0.717) is 43.7 Å². The number of sulfonamides is 1. The molecule has 10 nitrogen and oxygen atoms in total. The number of rotatable bonds is 8. The van der Waals surface area contributed by atoms with Crippen LogP contribution in [0, 0.1) is 0 Å². The molecule has 3 rings (SSSR count). The summed E-state index contributed by atoms with van der Waals surface area (Å²) in [5, 5.41) is 2.87. The molecular formula is C21H30N6O4S. The molecule has 2 N–H and O–H groups in total. The number of nitrogens with one attached hydrogen (secondary N) is 2. The Morgan fingerprint density at radius 3 is 2.31 bits per heavy atom. The molecule has 1 fully saturated rings. The van der Waals surface area contributed by atoms with E-state index in [0.717, 1.165) is 0 Å². The number of benzene rings is 1. The highest BCUT2D eigenvalue weighted by molar-refractivity contribution is 7.89. The van der Waals surface area contributed by atoms with Crippen molar-refractivity contribution in [3.05, 3.63) is 36.5 Å². The van der Waals surface area contributed by atoms with Gasteiger partial charge in [-0.3, -0.25) is 9.69 Å². The minimum Gasteiger partial charge on any atom is -0.481 e. The maximum Gasteiger partial charge on any atom is 0.241 e. The van der Waals surface area contributed by atoms with Gasteiger partial charge in [-0.2, -0.15) is 4.98 Å². The van der Waals surface area contributed by atoms with Crippen LogP contribution in [-0.2, 0) is 14.8 Å². The molecule has 1 aromatic heterocycles. The molecule has 1 saturated heterocycles. The van der Waals surface area contributed by atoms with Crippen LogP contribution in [0.25, 0.3) is 0 Å². The molecule has 32 heavy (non-hydrogen) atoms. The lowest BCUT2D eigenvalue weighted by Crippen LogP contribution is -2.53. The summed E-state index contributed by atoms with van der Waals surface area (Å²) in [6, 6.07) is 7.32. The molecule has 0 aliphatic carbocycles. The van der Waals surface area contributed by atoms with Crippen LogP contribution in [0.2, 0.25) is 0 Å². The Hall–Kier alpha value is -2.76. The van der Waals surface area contributed by atoms with E-state index < -0.39 is 10.0 Å². The van der Waals surface area contributed by atoms with Crippen molar-refractivity contribution in [2.24, 2.45) is 0 Å². The highest BCUT2D eigenvalue weighted by atomic mass is 32.2. The summed E-state index contributed by atoms with van der Waals surface area (Å²) in [4.78, 5) is 25.7. The number of ether oxygens (including phenoxy) is 1. The van der Waals surface area contributed by atoms with Crippen LogP contribution in [0.15, 0.2) is 41.4 Å². The Morgan fingerprint density at radius 1 is 1.06 bits per heavy atom. The largest absolute Gasteiger partial charge is 0.481 e. The lowest BCUT2D eigenvalue weighted by Gasteiger charge is -2.37. The molecule has 1 unspecified atom stereocenters. The SMILES string of the molecule is COc1ccnc(N2CCN(C(C)C(=O)Nc3ccc(S(=O)(=O)NC(C)C)cc3)CC2)n1. The molecule has 0 saturated carbocycles. The average Bonchev–Trinajstić information content (AvgIpc) is 2.78. The number of aromatic nitrogens is 2. The van der Waals surface area contributed by atoms with Crippen molar-refractivity contribution in [1.82, 2.24) is 19.6 Å². The second-order valence-electron chi connectivity index (χ2n) is 7.89. The number of methoxy groups -OCH3 is 1. The standard InChI is InChI=1S/C21H30N6O4S/c1-15(2)25-32(29,30)18-7-5-17(6-8-18)23-20(28)16(3)26-11-13-27(14-12-26)21-22-10-9-19(24-21)31-4/h5-10,15-16,25H,11-14H2,1-4H3,(H,23,28). The molecule has 0 spiro atoms. The van der Waals surface area contributed by atoms with E-state index in [9.17, 15) is 13.2 Å². The molecule has 2 aromatic rings. The van der Waals surface area contributed by atoms with Crippen LogP contribution < -0.4 is 19.7 Å². The van der Waals surface area contributed by atoms with Crippen molar-refractivity contribution in [2.45, 2.75) is 37.8 Å². The molecule has 11 heteroatoms. The summed E-state index contributed by atoms with van der Waals surface area (Å²) in [6.45, 7) is 8.15. The number of amides is 1. The molecule has 0 bridgehead atoms. The minimum absolute atomic E-state index is 0.146. The first-order valence-corrected chi connectivity index (χ1v) is 12.0. The lowest BCUT2D eigenvalue weighted by molar-refractivity contribution is -0.120. The predicted molar refractivity (Wildman–Crippen MR) is 122 cm³/mol. The number of carbonyl (C=O) groups is 1. The van der Waals surface area contributed by atoms with Gasteiger partial charge in [0.05, 0.1) is 18.0 Å². The Bertz CT molecular complexity index is 1020. The van der Waals surface area contributed by atoms with Gasteiger partial charge >= 0.3 is 0 Å². The van der Waals surface area contributed by atoms with Crippen LogP contribution >= 0.6 is 0 Å². The average molecular weight is 463 g/mol. The Morgan fingerprint density at radius 2 is 1.72 bits per heavy atom. The van der Waals surface area contributed by atoms with Crippen molar-refractivity contribution in [3.8, 4) is 5.88 Å². The van der Waals surface area contributed by atoms with Gasteiger partial charge in [-0.15, -0.1) is 0 Å². The maximum atomic E-state index is 12.7. The van der Waals surface area contributed by atoms with Crippen LogP contribution in [0.4, 0.5) is 11.6 Å². The van der Waals surface area contributed by atoms with Gasteiger partial charge in [0, 0.05) is 50.2 Å². The molecule has 0 radical (unpaired) electrons. The Labute approximate surface area is 189 Å². The Balaban J connectivity index is 1.55. The highest BCUT2D eigenvalue weighted by Crippen LogP contribution is 2.18. The van der Waals surface area contributed by atoms with Gasteiger partial charge in [0.1, 0.15) is 0 Å². The molecule has 1 aromatic carbocycles. The smallest absolute Gasteiger partial charge is 0.241 e. The lowest BCUT2D eigenvalue weighted by atomic mass is 10.2. The molecule has 2 heterocycles. The van der Waals surface area contributed by atoms with Crippen molar-refractivity contribution in [2.75, 3.05) is 43.5 Å². The summed E-state index contributed by atoms with van der Waals surface area (Å²) >= 11 is 0. The number of hydrogen-bond donors (Lipinski definition) is 2. The summed E-state index contributed by atoms with van der Waals surface area (Å²) in [5.41, 5.74) is 0.550. The normalized spacial score (nSPS) is 16.1. The third kappa shape index (κ3) is 5.93. The van der Waals surface area contributed by atoms with E-state index in [1.165, 1.54) is 12.1 Å². The fourth-order valence-electron chi connectivity index (χ4n) is 3.42. The van der Waals surface area contributed by atoms with Crippen molar-refractivity contribution >= 4 is 27.6 Å². The minimum atomic E-state index is -3.56. The first-order chi connectivity index (χ1) is 15.2. The molecule has 1 aliphatic heterocycles. The number of nitrogens with zero attached hydrogens (tertiary/aromatic N) is 4. The van der Waals surface area contributed by atoms with Gasteiger partial charge in [0.15, 0.2) is 0 Å². The maximum absolute atomic E-state index is 12.7. The zero-order valence-corrected chi connectivity index (χ0v) is 19.6. The number of anilines is 2. The fraction of sp³-hybridized carbons (Fsp3) is 0.476. The topological polar surface area (TPSA) is 117 Å². The van der Waals surface area contributed by atoms with Gasteiger partial charge in [0.2, 0.25) is 27.8 Å². The van der Waals surface area contributed by atoms with Gasteiger partial charge in [-0.25, -0.2) is 18.1 Å². The fourth-order valence-corrected chi connectivity index (χ4v) is 4.67. The van der Waals surface area contributed by atoms with Crippen LogP contribution in [0.3, 0.4) is 0 Å². The van der Waals surface area contributed by atoms with E-state index in [2.05, 4.69) is 29.8 Å². The second kappa shape index (κ2) is 10.2. The van der Waals surface area contributed by atoms with Gasteiger partial charge in [-0.05, 0) is 45.0 Å². The number of hydrogen-bond acceptors (Lipinski definition) is 8. The summed E-state index contributed by atoms with van der Waals surface area (Å²) in [7, 11) is -2.00. The van der Waals surface area contributed by atoms with Crippen LogP contribution in [-0.4, -0.2) is 74.6 Å². The zero-order chi connectivity index (χ0) is 23.3.